The van der Waals surface area contributed by atoms with Crippen LogP contribution in [0.1, 0.15) is 10.4 Å². The van der Waals surface area contributed by atoms with Crippen LogP contribution in [-0.2, 0) is 9.53 Å². The molecule has 0 aliphatic carbocycles. The average Bonchev–Trinajstić information content (AvgIpc) is 2.71. The Bertz CT molecular complexity index is 605. The lowest BCUT2D eigenvalue weighted by atomic mass is 10.1. The minimum absolute atomic E-state index is 0.262. The predicted octanol–water partition coefficient (Wildman–Crippen LogP) is 2.11. The molecule has 0 radical (unpaired) electrons. The van der Waals surface area contributed by atoms with Crippen LogP contribution in [0.5, 0.6) is 0 Å². The quantitative estimate of drug-likeness (QED) is 0.813. The van der Waals surface area contributed by atoms with Crippen LogP contribution in [0.15, 0.2) is 24.4 Å². The van der Waals surface area contributed by atoms with Crippen LogP contribution in [0, 0.1) is 0 Å². The summed E-state index contributed by atoms with van der Waals surface area (Å²) in [7, 11) is 0. The largest absolute Gasteiger partial charge is 0.480 e. The molecule has 6 heteroatoms. The van der Waals surface area contributed by atoms with Crippen LogP contribution in [-0.4, -0.2) is 35.1 Å². The van der Waals surface area contributed by atoms with E-state index in [1.807, 2.05) is 0 Å². The zero-order valence-corrected chi connectivity index (χ0v) is 10.0. The molecule has 0 fully saturated rings. The topological polar surface area (TPSA) is 79.4 Å². The first-order chi connectivity index (χ1) is 8.58. The fourth-order valence-corrected chi connectivity index (χ4v) is 1.81. The highest BCUT2D eigenvalue weighted by Crippen LogP contribution is 2.22. The molecule has 0 saturated heterocycles. The van der Waals surface area contributed by atoms with Gasteiger partial charge in [-0.3, -0.25) is 4.79 Å². The molecule has 1 heterocycles. The lowest BCUT2D eigenvalue weighted by Crippen LogP contribution is -2.14. The minimum Gasteiger partial charge on any atom is -0.480 e. The highest BCUT2D eigenvalue weighted by molar-refractivity contribution is 6.31. The number of Topliss-reactive ketones (excluding diaryl/α,β-unsaturated/α-hetero) is 1. The van der Waals surface area contributed by atoms with E-state index in [-0.39, 0.29) is 12.4 Å². The predicted molar refractivity (Wildman–Crippen MR) is 66.1 cm³/mol. The third-order valence-electron chi connectivity index (χ3n) is 2.40. The van der Waals surface area contributed by atoms with Gasteiger partial charge in [-0.2, -0.15) is 0 Å². The fourth-order valence-electron chi connectivity index (χ4n) is 1.64. The number of carboxylic acids is 1. The normalized spacial score (nSPS) is 10.7. The number of ether oxygens (including phenoxy) is 1. The molecule has 0 saturated carbocycles. The first-order valence-electron chi connectivity index (χ1n) is 5.17. The molecular weight excluding hydrogens is 258 g/mol. The summed E-state index contributed by atoms with van der Waals surface area (Å²) >= 11 is 5.83. The van der Waals surface area contributed by atoms with Gasteiger partial charge in [0.15, 0.2) is 5.78 Å². The van der Waals surface area contributed by atoms with Crippen molar-refractivity contribution < 1.29 is 19.4 Å². The number of rotatable bonds is 5. The monoisotopic (exact) mass is 267 g/mol. The molecule has 0 unspecified atom stereocenters. The van der Waals surface area contributed by atoms with Crippen molar-refractivity contribution in [2.45, 2.75) is 0 Å². The first kappa shape index (κ1) is 12.6. The fraction of sp³-hybridized carbons (Fsp3) is 0.167. The average molecular weight is 268 g/mol. The highest BCUT2D eigenvalue weighted by Gasteiger charge is 2.12. The van der Waals surface area contributed by atoms with Gasteiger partial charge in [0.05, 0.1) is 0 Å². The van der Waals surface area contributed by atoms with E-state index in [9.17, 15) is 9.59 Å². The number of carbonyl (C=O) groups is 2. The molecule has 5 nitrogen and oxygen atoms in total. The maximum Gasteiger partial charge on any atom is 0.329 e. The number of hydrogen-bond acceptors (Lipinski definition) is 3. The van der Waals surface area contributed by atoms with Crippen molar-refractivity contribution in [3.8, 4) is 0 Å². The number of aromatic amines is 1. The SMILES string of the molecule is O=C(O)COCC(=O)c1c[nH]c2cc(Cl)ccc12. The van der Waals surface area contributed by atoms with Gasteiger partial charge in [-0.1, -0.05) is 17.7 Å². The van der Waals surface area contributed by atoms with Crippen LogP contribution < -0.4 is 0 Å². The molecular formula is C12H10ClNO4. The number of aliphatic carboxylic acids is 1. The number of ketones is 1. The van der Waals surface area contributed by atoms with E-state index < -0.39 is 12.6 Å². The summed E-state index contributed by atoms with van der Waals surface area (Å²) in [6.45, 7) is -0.748. The number of H-pyrrole nitrogens is 1. The molecule has 0 spiro atoms. The number of nitrogens with one attached hydrogen (secondary N) is 1. The van der Waals surface area contributed by atoms with Crippen LogP contribution in [0.4, 0.5) is 0 Å². The number of carbonyl (C=O) groups excluding carboxylic acids is 1. The van der Waals surface area contributed by atoms with Crippen molar-refractivity contribution in [1.82, 2.24) is 4.98 Å². The maximum atomic E-state index is 11.8. The maximum absolute atomic E-state index is 11.8. The number of benzene rings is 1. The highest BCUT2D eigenvalue weighted by atomic mass is 35.5. The van der Waals surface area contributed by atoms with E-state index in [0.29, 0.717) is 10.6 Å². The molecule has 0 atom stereocenters. The summed E-state index contributed by atoms with van der Waals surface area (Å²) in [5, 5.41) is 9.72. The van der Waals surface area contributed by atoms with Gasteiger partial charge in [-0.05, 0) is 12.1 Å². The second-order valence-electron chi connectivity index (χ2n) is 3.70. The van der Waals surface area contributed by atoms with Gasteiger partial charge in [-0.25, -0.2) is 4.79 Å². The Kier molecular flexibility index (Phi) is 3.64. The van der Waals surface area contributed by atoms with Crippen molar-refractivity contribution in [3.05, 3.63) is 35.0 Å². The van der Waals surface area contributed by atoms with Crippen molar-refractivity contribution in [1.29, 1.82) is 0 Å². The zero-order valence-electron chi connectivity index (χ0n) is 9.27. The van der Waals surface area contributed by atoms with E-state index in [0.717, 1.165) is 10.9 Å². The second kappa shape index (κ2) is 5.20. The van der Waals surface area contributed by atoms with Crippen LogP contribution in [0.25, 0.3) is 10.9 Å². The van der Waals surface area contributed by atoms with Gasteiger partial charge >= 0.3 is 5.97 Å². The van der Waals surface area contributed by atoms with Crippen LogP contribution >= 0.6 is 11.6 Å². The number of hydrogen-bond donors (Lipinski definition) is 2. The van der Waals surface area contributed by atoms with Gasteiger partial charge < -0.3 is 14.8 Å². The molecule has 94 valence electrons. The summed E-state index contributed by atoms with van der Waals surface area (Å²) in [5.41, 5.74) is 1.22. The molecule has 1 aromatic carbocycles. The minimum atomic E-state index is -1.10. The third kappa shape index (κ3) is 2.69. The lowest BCUT2D eigenvalue weighted by Gasteiger charge is -2.00. The Labute approximate surface area is 107 Å². The number of halogens is 1. The Morgan fingerprint density at radius 1 is 1.33 bits per heavy atom. The lowest BCUT2D eigenvalue weighted by molar-refractivity contribution is -0.141. The standard InChI is InChI=1S/C12H10ClNO4/c13-7-1-2-8-9(4-14-10(8)3-7)11(15)5-18-6-12(16)17/h1-4,14H,5-6H2,(H,16,17). The van der Waals surface area contributed by atoms with E-state index in [1.165, 1.54) is 0 Å². The molecule has 1 aromatic heterocycles. The Morgan fingerprint density at radius 2 is 2.11 bits per heavy atom. The summed E-state index contributed by atoms with van der Waals surface area (Å²) in [4.78, 5) is 25.0. The molecule has 0 amide bonds. The zero-order chi connectivity index (χ0) is 13.1. The number of carboxylic acid groups (broad SMARTS) is 1. The molecule has 2 N–H and O–H groups in total. The Morgan fingerprint density at radius 3 is 2.83 bits per heavy atom. The smallest absolute Gasteiger partial charge is 0.329 e. The number of fused-ring (bicyclic) bond motifs is 1. The van der Waals surface area contributed by atoms with Crippen molar-refractivity contribution >= 4 is 34.3 Å². The van der Waals surface area contributed by atoms with E-state index in [2.05, 4.69) is 4.98 Å². The van der Waals surface area contributed by atoms with Crippen molar-refractivity contribution in [2.75, 3.05) is 13.2 Å². The van der Waals surface area contributed by atoms with Gasteiger partial charge in [0.2, 0.25) is 0 Å². The summed E-state index contributed by atoms with van der Waals surface area (Å²) in [6, 6.07) is 5.14. The Hall–Kier alpha value is -1.85. The Balaban J connectivity index is 2.15. The van der Waals surface area contributed by atoms with Crippen LogP contribution in [0.2, 0.25) is 5.02 Å². The van der Waals surface area contributed by atoms with Crippen molar-refractivity contribution in [2.24, 2.45) is 0 Å². The molecule has 0 aliphatic rings. The number of aromatic nitrogens is 1. The van der Waals surface area contributed by atoms with E-state index in [4.69, 9.17) is 21.4 Å². The summed E-state index contributed by atoms with van der Waals surface area (Å²) in [5.74, 6) is -1.38. The van der Waals surface area contributed by atoms with Crippen molar-refractivity contribution in [3.63, 3.8) is 0 Å². The summed E-state index contributed by atoms with van der Waals surface area (Å²) < 4.78 is 4.76. The van der Waals surface area contributed by atoms with E-state index in [1.54, 1.807) is 24.4 Å². The van der Waals surface area contributed by atoms with Crippen LogP contribution in [0.3, 0.4) is 0 Å². The molecule has 0 aliphatic heterocycles. The first-order valence-corrected chi connectivity index (χ1v) is 5.55. The molecule has 0 bridgehead atoms. The van der Waals surface area contributed by atoms with Gasteiger partial charge in [0, 0.05) is 27.7 Å². The molecule has 2 aromatic rings. The molecule has 18 heavy (non-hydrogen) atoms. The van der Waals surface area contributed by atoms with E-state index >= 15 is 0 Å². The van der Waals surface area contributed by atoms with Gasteiger partial charge in [0.1, 0.15) is 13.2 Å². The second-order valence-corrected chi connectivity index (χ2v) is 4.14. The third-order valence-corrected chi connectivity index (χ3v) is 2.64. The molecule has 2 rings (SSSR count). The van der Waals surface area contributed by atoms with Gasteiger partial charge in [-0.15, -0.1) is 0 Å². The summed E-state index contributed by atoms with van der Waals surface area (Å²) in [6.07, 6.45) is 1.56. The van der Waals surface area contributed by atoms with Gasteiger partial charge in [0.25, 0.3) is 0 Å².